The van der Waals surface area contributed by atoms with E-state index in [0.29, 0.717) is 0 Å². The molecule has 6 nitrogen and oxygen atoms in total. The smallest absolute Gasteiger partial charge is 0.306 e. The summed E-state index contributed by atoms with van der Waals surface area (Å²) in [5.41, 5.74) is 0. The molecule has 0 aromatic heterocycles. The number of carboxylic acid groups (broad SMARTS) is 1. The molecule has 1 aliphatic rings. The molecule has 0 radical (unpaired) electrons. The van der Waals surface area contributed by atoms with Gasteiger partial charge < -0.3 is 9.84 Å². The molecule has 0 aromatic carbocycles. The van der Waals surface area contributed by atoms with Crippen LogP contribution in [0.3, 0.4) is 0 Å². The van der Waals surface area contributed by atoms with E-state index in [-0.39, 0.29) is 18.9 Å². The molecule has 1 amide bonds. The number of carbonyl (C=O) groups is 2. The Bertz CT molecular complexity index is 269. The van der Waals surface area contributed by atoms with E-state index in [9.17, 15) is 9.59 Å². The number of ether oxygens (including phenoxy) is 1. The predicted octanol–water partition coefficient (Wildman–Crippen LogP) is 0.312. The van der Waals surface area contributed by atoms with Crippen molar-refractivity contribution in [3.8, 4) is 0 Å². The average Bonchev–Trinajstić information content (AvgIpc) is 2.35. The van der Waals surface area contributed by atoms with Gasteiger partial charge in [0.15, 0.2) is 0 Å². The van der Waals surface area contributed by atoms with Gasteiger partial charge in [0.2, 0.25) is 5.88 Å². The molecule has 0 spiro atoms. The maximum absolute atomic E-state index is 10.4. The summed E-state index contributed by atoms with van der Waals surface area (Å²) in [5, 5.41) is 14.7. The van der Waals surface area contributed by atoms with Gasteiger partial charge in [0.05, 0.1) is 12.5 Å². The number of rotatable bonds is 4. The van der Waals surface area contributed by atoms with Crippen molar-refractivity contribution < 1.29 is 19.4 Å². The molecule has 1 aliphatic heterocycles. The quantitative estimate of drug-likeness (QED) is 0.657. The van der Waals surface area contributed by atoms with Crippen molar-refractivity contribution in [2.24, 2.45) is 10.2 Å². The van der Waals surface area contributed by atoms with Crippen molar-refractivity contribution in [3.63, 3.8) is 0 Å². The van der Waals surface area contributed by atoms with Crippen LogP contribution in [-0.2, 0) is 14.3 Å². The molecule has 6 heteroatoms. The van der Waals surface area contributed by atoms with Crippen LogP contribution in [0, 0.1) is 0 Å². The largest absolute Gasteiger partial charge is 0.481 e. The summed E-state index contributed by atoms with van der Waals surface area (Å²) >= 11 is 0. The van der Waals surface area contributed by atoms with E-state index < -0.39 is 11.9 Å². The van der Waals surface area contributed by atoms with E-state index in [1.807, 2.05) is 0 Å². The molecule has 0 saturated heterocycles. The number of nitrogens with zero attached hydrogens (tertiary/aromatic N) is 2. The van der Waals surface area contributed by atoms with Crippen LogP contribution < -0.4 is 0 Å². The summed E-state index contributed by atoms with van der Waals surface area (Å²) in [4.78, 5) is 20.4. The fourth-order valence-corrected chi connectivity index (χ4v) is 0.575. The first-order valence-corrected chi connectivity index (χ1v) is 3.20. The second-order valence-electron chi connectivity index (χ2n) is 2.01. The summed E-state index contributed by atoms with van der Waals surface area (Å²) in [5.74, 6) is -1.38. The standard InChI is InChI=1S/C6H6N2O4/c9-4-3-5(8-7-4)12-2-1-6(10)11/h3H,1-2H2,(H,10,11). The third kappa shape index (κ3) is 2.49. The zero-order valence-electron chi connectivity index (χ0n) is 6.06. The minimum atomic E-state index is -0.961. The molecule has 0 fully saturated rings. The highest BCUT2D eigenvalue weighted by molar-refractivity contribution is 5.89. The predicted molar refractivity (Wildman–Crippen MR) is 36.2 cm³/mol. The summed E-state index contributed by atoms with van der Waals surface area (Å²) in [6, 6.07) is 0. The summed E-state index contributed by atoms with van der Waals surface area (Å²) < 4.78 is 4.78. The van der Waals surface area contributed by atoms with E-state index >= 15 is 0 Å². The lowest BCUT2D eigenvalue weighted by Crippen LogP contribution is -2.01. The van der Waals surface area contributed by atoms with Gasteiger partial charge in [0.25, 0.3) is 5.91 Å². The second-order valence-corrected chi connectivity index (χ2v) is 2.01. The first-order valence-electron chi connectivity index (χ1n) is 3.20. The van der Waals surface area contributed by atoms with Crippen molar-refractivity contribution >= 4 is 11.9 Å². The van der Waals surface area contributed by atoms with Crippen LogP contribution in [0.15, 0.2) is 22.2 Å². The zero-order valence-corrected chi connectivity index (χ0v) is 6.06. The van der Waals surface area contributed by atoms with Crippen molar-refractivity contribution in [1.82, 2.24) is 0 Å². The Morgan fingerprint density at radius 3 is 2.83 bits per heavy atom. The Morgan fingerprint density at radius 1 is 1.58 bits per heavy atom. The average molecular weight is 170 g/mol. The third-order valence-electron chi connectivity index (χ3n) is 1.06. The number of azo groups is 1. The van der Waals surface area contributed by atoms with Gasteiger partial charge in [-0.3, -0.25) is 9.59 Å². The molecule has 1 rings (SSSR count). The fourth-order valence-electron chi connectivity index (χ4n) is 0.575. The minimum absolute atomic E-state index is 0.00648. The van der Waals surface area contributed by atoms with Crippen LogP contribution >= 0.6 is 0 Å². The normalized spacial score (nSPS) is 14.7. The highest BCUT2D eigenvalue weighted by Gasteiger charge is 2.09. The Hall–Kier alpha value is -1.72. The maximum atomic E-state index is 10.4. The van der Waals surface area contributed by atoms with Crippen LogP contribution in [0.2, 0.25) is 0 Å². The van der Waals surface area contributed by atoms with Crippen LogP contribution in [0.25, 0.3) is 0 Å². The number of carboxylic acids is 1. The Kier molecular flexibility index (Phi) is 2.52. The van der Waals surface area contributed by atoms with Gasteiger partial charge in [0.1, 0.15) is 6.61 Å². The number of hydrogen-bond donors (Lipinski definition) is 1. The van der Waals surface area contributed by atoms with E-state index in [1.54, 1.807) is 0 Å². The van der Waals surface area contributed by atoms with E-state index in [2.05, 4.69) is 10.2 Å². The van der Waals surface area contributed by atoms with Crippen LogP contribution in [0.1, 0.15) is 6.42 Å². The van der Waals surface area contributed by atoms with E-state index in [1.165, 1.54) is 0 Å². The lowest BCUT2D eigenvalue weighted by Gasteiger charge is -1.98. The fraction of sp³-hybridized carbons (Fsp3) is 0.333. The second kappa shape index (κ2) is 3.61. The monoisotopic (exact) mass is 170 g/mol. The van der Waals surface area contributed by atoms with Crippen molar-refractivity contribution in [1.29, 1.82) is 0 Å². The molecule has 0 bridgehead atoms. The Labute approximate surface area is 67.5 Å². The number of hydrogen-bond acceptors (Lipinski definition) is 4. The van der Waals surface area contributed by atoms with Crippen molar-refractivity contribution in [2.75, 3.05) is 6.61 Å². The summed E-state index contributed by atoms with van der Waals surface area (Å²) in [7, 11) is 0. The molecular formula is C6H6N2O4. The van der Waals surface area contributed by atoms with Crippen LogP contribution in [-0.4, -0.2) is 23.6 Å². The van der Waals surface area contributed by atoms with E-state index in [4.69, 9.17) is 9.84 Å². The first kappa shape index (κ1) is 8.38. The lowest BCUT2D eigenvalue weighted by atomic mass is 10.5. The van der Waals surface area contributed by atoms with Gasteiger partial charge >= 0.3 is 5.97 Å². The van der Waals surface area contributed by atoms with Gasteiger partial charge in [-0.1, -0.05) is 0 Å². The molecule has 1 heterocycles. The topological polar surface area (TPSA) is 88.3 Å². The zero-order chi connectivity index (χ0) is 8.97. The first-order chi connectivity index (χ1) is 5.68. The van der Waals surface area contributed by atoms with Gasteiger partial charge in [-0.2, -0.15) is 0 Å². The summed E-state index contributed by atoms with van der Waals surface area (Å²) in [6.07, 6.45) is 0.975. The Balaban J connectivity index is 2.25. The lowest BCUT2D eigenvalue weighted by molar-refractivity contribution is -0.137. The SMILES string of the molecule is O=C(O)CCOC1=CC(=O)N=N1. The van der Waals surface area contributed by atoms with E-state index in [0.717, 1.165) is 6.08 Å². The molecule has 0 atom stereocenters. The molecule has 0 unspecified atom stereocenters. The molecule has 0 aliphatic carbocycles. The molecular weight excluding hydrogens is 164 g/mol. The van der Waals surface area contributed by atoms with Crippen LogP contribution in [0.4, 0.5) is 0 Å². The number of aliphatic carboxylic acids is 1. The summed E-state index contributed by atoms with van der Waals surface area (Å²) in [6.45, 7) is -0.00648. The molecule has 12 heavy (non-hydrogen) atoms. The van der Waals surface area contributed by atoms with Gasteiger partial charge in [-0.05, 0) is 0 Å². The highest BCUT2D eigenvalue weighted by atomic mass is 16.5. The molecule has 1 N–H and O–H groups in total. The minimum Gasteiger partial charge on any atom is -0.481 e. The third-order valence-corrected chi connectivity index (χ3v) is 1.06. The molecule has 0 saturated carbocycles. The molecule has 0 aromatic rings. The number of amides is 1. The van der Waals surface area contributed by atoms with Crippen molar-refractivity contribution in [2.45, 2.75) is 6.42 Å². The number of carbonyl (C=O) groups excluding carboxylic acids is 1. The van der Waals surface area contributed by atoms with Crippen LogP contribution in [0.5, 0.6) is 0 Å². The van der Waals surface area contributed by atoms with Gasteiger partial charge in [0, 0.05) is 0 Å². The van der Waals surface area contributed by atoms with Crippen molar-refractivity contribution in [3.05, 3.63) is 12.0 Å². The highest BCUT2D eigenvalue weighted by Crippen LogP contribution is 2.08. The van der Waals surface area contributed by atoms with Gasteiger partial charge in [-0.15, -0.1) is 10.2 Å². The maximum Gasteiger partial charge on any atom is 0.306 e. The Morgan fingerprint density at radius 2 is 2.33 bits per heavy atom. The molecule has 64 valence electrons. The van der Waals surface area contributed by atoms with Gasteiger partial charge in [-0.25, -0.2) is 0 Å².